The predicted octanol–water partition coefficient (Wildman–Crippen LogP) is 3.56. The van der Waals surface area contributed by atoms with Crippen LogP contribution in [0.1, 0.15) is 11.1 Å². The molecule has 0 saturated carbocycles. The third-order valence-corrected chi connectivity index (χ3v) is 2.84. The highest BCUT2D eigenvalue weighted by molar-refractivity contribution is 5.85. The maximum Gasteiger partial charge on any atom is 0.0373 e. The molecule has 0 heterocycles. The summed E-state index contributed by atoms with van der Waals surface area (Å²) in [5, 5.41) is 0. The van der Waals surface area contributed by atoms with Crippen molar-refractivity contribution in [3.8, 4) is 11.1 Å². The zero-order valence-corrected chi connectivity index (χ0v) is 10.8. The highest BCUT2D eigenvalue weighted by atomic mass is 35.5. The number of anilines is 2. The molecule has 2 rings (SSSR count). The molecule has 0 aliphatic carbocycles. The minimum absolute atomic E-state index is 0. The van der Waals surface area contributed by atoms with Crippen molar-refractivity contribution in [2.75, 3.05) is 11.5 Å². The van der Waals surface area contributed by atoms with E-state index in [-0.39, 0.29) is 12.4 Å². The van der Waals surface area contributed by atoms with E-state index in [1.807, 2.05) is 38.1 Å². The van der Waals surface area contributed by atoms with Crippen LogP contribution >= 0.6 is 12.4 Å². The molecule has 0 amide bonds. The first-order valence-corrected chi connectivity index (χ1v) is 5.30. The van der Waals surface area contributed by atoms with Crippen LogP contribution in [0.4, 0.5) is 11.4 Å². The van der Waals surface area contributed by atoms with Crippen LogP contribution in [-0.4, -0.2) is 0 Å². The molecule has 0 atom stereocenters. The first-order chi connectivity index (χ1) is 7.58. The van der Waals surface area contributed by atoms with E-state index in [1.54, 1.807) is 0 Å². The smallest absolute Gasteiger partial charge is 0.0373 e. The Balaban J connectivity index is 0.00000144. The van der Waals surface area contributed by atoms with Gasteiger partial charge in [0.05, 0.1) is 0 Å². The number of aryl methyl sites for hydroxylation is 2. The van der Waals surface area contributed by atoms with Crippen molar-refractivity contribution >= 4 is 23.8 Å². The van der Waals surface area contributed by atoms with E-state index in [0.717, 1.165) is 22.5 Å². The molecule has 0 unspecified atom stereocenters. The van der Waals surface area contributed by atoms with Crippen LogP contribution < -0.4 is 11.5 Å². The van der Waals surface area contributed by atoms with E-state index < -0.39 is 0 Å². The fraction of sp³-hybridized carbons (Fsp3) is 0.143. The maximum absolute atomic E-state index is 5.93. The lowest BCUT2D eigenvalue weighted by Gasteiger charge is -2.09. The zero-order chi connectivity index (χ0) is 11.7. The van der Waals surface area contributed by atoms with Crippen molar-refractivity contribution in [3.05, 3.63) is 47.5 Å². The Morgan fingerprint density at radius 3 is 1.71 bits per heavy atom. The Bertz CT molecular complexity index is 495. The second-order valence-electron chi connectivity index (χ2n) is 4.15. The summed E-state index contributed by atoms with van der Waals surface area (Å²) >= 11 is 0. The average Bonchev–Trinajstić information content (AvgIpc) is 2.26. The summed E-state index contributed by atoms with van der Waals surface area (Å²) in [6.45, 7) is 4.06. The summed E-state index contributed by atoms with van der Waals surface area (Å²) in [7, 11) is 0. The summed E-state index contributed by atoms with van der Waals surface area (Å²) in [5.41, 5.74) is 17.8. The van der Waals surface area contributed by atoms with Gasteiger partial charge in [-0.05, 0) is 60.4 Å². The van der Waals surface area contributed by atoms with Gasteiger partial charge in [-0.1, -0.05) is 12.1 Å². The molecule has 3 heteroatoms. The lowest BCUT2D eigenvalue weighted by atomic mass is 9.99. The number of hydrogen-bond acceptors (Lipinski definition) is 2. The van der Waals surface area contributed by atoms with Crippen molar-refractivity contribution < 1.29 is 0 Å². The van der Waals surface area contributed by atoms with Crippen LogP contribution in [0.3, 0.4) is 0 Å². The van der Waals surface area contributed by atoms with Crippen molar-refractivity contribution in [1.82, 2.24) is 0 Å². The molecule has 2 aromatic carbocycles. The van der Waals surface area contributed by atoms with Crippen LogP contribution in [0.25, 0.3) is 11.1 Å². The number of halogens is 1. The zero-order valence-electron chi connectivity index (χ0n) is 10.0. The van der Waals surface area contributed by atoms with Crippen molar-refractivity contribution in [1.29, 1.82) is 0 Å². The monoisotopic (exact) mass is 248 g/mol. The van der Waals surface area contributed by atoms with E-state index in [0.29, 0.717) is 0 Å². The van der Waals surface area contributed by atoms with Gasteiger partial charge in [-0.15, -0.1) is 12.4 Å². The van der Waals surface area contributed by atoms with E-state index in [4.69, 9.17) is 11.5 Å². The predicted molar refractivity (Wildman–Crippen MR) is 77.4 cm³/mol. The standard InChI is InChI=1S/C14H16N2.ClH/c1-9-7-12(8-10(2)14(9)16)11-3-5-13(15)6-4-11;/h3-8H,15-16H2,1-2H3;1H. The van der Waals surface area contributed by atoms with Crippen LogP contribution in [0.2, 0.25) is 0 Å². The third kappa shape index (κ3) is 2.71. The van der Waals surface area contributed by atoms with E-state index in [1.165, 1.54) is 11.1 Å². The summed E-state index contributed by atoms with van der Waals surface area (Å²) < 4.78 is 0. The van der Waals surface area contributed by atoms with Gasteiger partial charge in [-0.25, -0.2) is 0 Å². The highest BCUT2D eigenvalue weighted by Crippen LogP contribution is 2.26. The molecule has 4 N–H and O–H groups in total. The molecule has 17 heavy (non-hydrogen) atoms. The summed E-state index contributed by atoms with van der Waals surface area (Å²) in [6, 6.07) is 12.1. The van der Waals surface area contributed by atoms with Crippen LogP contribution in [0, 0.1) is 13.8 Å². The lowest BCUT2D eigenvalue weighted by molar-refractivity contribution is 1.39. The third-order valence-electron chi connectivity index (χ3n) is 2.84. The molecule has 2 aromatic rings. The van der Waals surface area contributed by atoms with E-state index in [9.17, 15) is 0 Å². The first kappa shape index (κ1) is 13.4. The molecule has 0 radical (unpaired) electrons. The molecular formula is C14H17ClN2. The highest BCUT2D eigenvalue weighted by Gasteiger charge is 2.03. The van der Waals surface area contributed by atoms with Gasteiger partial charge in [0.1, 0.15) is 0 Å². The minimum Gasteiger partial charge on any atom is -0.399 e. The molecule has 0 aliphatic heterocycles. The van der Waals surface area contributed by atoms with Gasteiger partial charge in [0.15, 0.2) is 0 Å². The van der Waals surface area contributed by atoms with Crippen LogP contribution in [0.15, 0.2) is 36.4 Å². The second kappa shape index (κ2) is 5.11. The minimum atomic E-state index is 0. The molecule has 0 saturated heterocycles. The number of nitrogen functional groups attached to an aromatic ring is 2. The van der Waals surface area contributed by atoms with Gasteiger partial charge in [0.2, 0.25) is 0 Å². The van der Waals surface area contributed by atoms with Gasteiger partial charge >= 0.3 is 0 Å². The van der Waals surface area contributed by atoms with E-state index in [2.05, 4.69) is 12.1 Å². The molecule has 0 aromatic heterocycles. The molecule has 0 fully saturated rings. The van der Waals surface area contributed by atoms with Crippen LogP contribution in [-0.2, 0) is 0 Å². The Kier molecular flexibility index (Phi) is 4.02. The summed E-state index contributed by atoms with van der Waals surface area (Å²) in [5.74, 6) is 0. The summed E-state index contributed by atoms with van der Waals surface area (Å²) in [6.07, 6.45) is 0. The Hall–Kier alpha value is -1.67. The normalized spacial score (nSPS) is 9.76. The summed E-state index contributed by atoms with van der Waals surface area (Å²) in [4.78, 5) is 0. The molecule has 2 nitrogen and oxygen atoms in total. The Labute approximate surface area is 108 Å². The molecule has 0 bridgehead atoms. The lowest BCUT2D eigenvalue weighted by Crippen LogP contribution is -1.94. The van der Waals surface area contributed by atoms with Gasteiger partial charge in [-0.2, -0.15) is 0 Å². The number of nitrogens with two attached hydrogens (primary N) is 2. The molecule has 0 spiro atoms. The second-order valence-corrected chi connectivity index (χ2v) is 4.15. The van der Waals surface area contributed by atoms with Gasteiger partial charge in [-0.3, -0.25) is 0 Å². The van der Waals surface area contributed by atoms with Gasteiger partial charge in [0.25, 0.3) is 0 Å². The van der Waals surface area contributed by atoms with Crippen LogP contribution in [0.5, 0.6) is 0 Å². The SMILES string of the molecule is Cc1cc(-c2ccc(N)cc2)cc(C)c1N.Cl. The fourth-order valence-electron chi connectivity index (χ4n) is 1.82. The van der Waals surface area contributed by atoms with Crippen molar-refractivity contribution in [2.24, 2.45) is 0 Å². The number of rotatable bonds is 1. The topological polar surface area (TPSA) is 52.0 Å². The Morgan fingerprint density at radius 1 is 0.765 bits per heavy atom. The molecule has 90 valence electrons. The van der Waals surface area contributed by atoms with Gasteiger partial charge in [0, 0.05) is 11.4 Å². The quantitative estimate of drug-likeness (QED) is 0.759. The first-order valence-electron chi connectivity index (χ1n) is 5.30. The maximum atomic E-state index is 5.93. The van der Waals surface area contributed by atoms with Crippen molar-refractivity contribution in [2.45, 2.75) is 13.8 Å². The van der Waals surface area contributed by atoms with Crippen molar-refractivity contribution in [3.63, 3.8) is 0 Å². The average molecular weight is 249 g/mol. The Morgan fingerprint density at radius 2 is 1.24 bits per heavy atom. The van der Waals surface area contributed by atoms with E-state index >= 15 is 0 Å². The van der Waals surface area contributed by atoms with Gasteiger partial charge < -0.3 is 11.5 Å². The molecular weight excluding hydrogens is 232 g/mol. The largest absolute Gasteiger partial charge is 0.399 e. The number of hydrogen-bond donors (Lipinski definition) is 2. The fourth-order valence-corrected chi connectivity index (χ4v) is 1.82. The number of benzene rings is 2. The molecule has 0 aliphatic rings.